The van der Waals surface area contributed by atoms with Crippen LogP contribution in [0.15, 0.2) is 176 Å². The Balaban J connectivity index is 1.35. The van der Waals surface area contributed by atoms with Gasteiger partial charge in [-0.15, -0.1) is 0 Å². The highest BCUT2D eigenvalue weighted by Crippen LogP contribution is 2.43. The van der Waals surface area contributed by atoms with Crippen molar-refractivity contribution in [3.63, 3.8) is 0 Å². The predicted octanol–water partition coefficient (Wildman–Crippen LogP) is 11.3. The molecule has 3 nitrogen and oxygen atoms in total. The molecule has 3 heteroatoms. The van der Waals surface area contributed by atoms with Gasteiger partial charge in [0.05, 0.1) is 28.1 Å². The van der Waals surface area contributed by atoms with Gasteiger partial charge in [0.15, 0.2) is 0 Å². The van der Waals surface area contributed by atoms with Gasteiger partial charge in [0.25, 0.3) is 0 Å². The van der Waals surface area contributed by atoms with E-state index in [9.17, 15) is 0 Å². The zero-order valence-electron chi connectivity index (χ0n) is 26.2. The minimum absolute atomic E-state index is 0.00821. The predicted molar refractivity (Wildman–Crippen MR) is 202 cm³/mol. The molecule has 1 aliphatic heterocycles. The van der Waals surface area contributed by atoms with Crippen LogP contribution in [0.1, 0.15) is 17.2 Å². The highest BCUT2D eigenvalue weighted by Gasteiger charge is 2.23. The highest BCUT2D eigenvalue weighted by molar-refractivity contribution is 6.26. The maximum atomic E-state index is 3.85. The summed E-state index contributed by atoms with van der Waals surface area (Å²) in [4.78, 5) is 0. The first-order valence-electron chi connectivity index (χ1n) is 16.6. The summed E-state index contributed by atoms with van der Waals surface area (Å²) >= 11 is 0. The first kappa shape index (κ1) is 26.9. The van der Waals surface area contributed by atoms with E-state index < -0.39 is 0 Å². The quantitative estimate of drug-likeness (QED) is 0.210. The number of rotatable bonds is 4. The Hall–Kier alpha value is -6.32. The van der Waals surface area contributed by atoms with E-state index in [1.54, 1.807) is 0 Å². The maximum absolute atomic E-state index is 3.85. The van der Waals surface area contributed by atoms with Crippen molar-refractivity contribution in [2.24, 2.45) is 0 Å². The van der Waals surface area contributed by atoms with Gasteiger partial charge in [-0.3, -0.25) is 0 Å². The maximum Gasteiger partial charge on any atom is 0.0721 e. The van der Waals surface area contributed by atoms with E-state index in [2.05, 4.69) is 190 Å². The first-order valence-corrected chi connectivity index (χ1v) is 16.6. The van der Waals surface area contributed by atoms with Gasteiger partial charge in [-0.05, 0) is 70.4 Å². The number of benzene rings is 7. The fraction of sp³-hybridized carbons (Fsp3) is 0.0222. The van der Waals surface area contributed by atoms with Gasteiger partial charge >= 0.3 is 0 Å². The van der Waals surface area contributed by atoms with Crippen molar-refractivity contribution in [1.29, 1.82) is 0 Å². The third-order valence-corrected chi connectivity index (χ3v) is 9.90. The first-order chi connectivity index (χ1) is 23.8. The van der Waals surface area contributed by atoms with Gasteiger partial charge in [0, 0.05) is 38.6 Å². The lowest BCUT2D eigenvalue weighted by atomic mass is 9.99. The number of nitrogens with zero attached hydrogens (tertiary/aromatic N) is 2. The average Bonchev–Trinajstić information content (AvgIpc) is 3.67. The molecule has 1 atom stereocenters. The zero-order chi connectivity index (χ0) is 31.6. The molecular weight excluding hydrogens is 583 g/mol. The van der Waals surface area contributed by atoms with E-state index >= 15 is 0 Å². The van der Waals surface area contributed by atoms with Crippen LogP contribution in [0.3, 0.4) is 0 Å². The number of hydrogen-bond acceptors (Lipinski definition) is 1. The lowest BCUT2D eigenvalue weighted by Crippen LogP contribution is -2.22. The van der Waals surface area contributed by atoms with Crippen LogP contribution in [0, 0.1) is 0 Å². The van der Waals surface area contributed by atoms with Crippen molar-refractivity contribution in [1.82, 2.24) is 14.5 Å². The number of fused-ring (bicyclic) bond motifs is 8. The lowest BCUT2D eigenvalue weighted by molar-refractivity contribution is 0.762. The number of para-hydroxylation sites is 2. The summed E-state index contributed by atoms with van der Waals surface area (Å²) in [6, 6.07) is 59.2. The second-order valence-electron chi connectivity index (χ2n) is 12.6. The van der Waals surface area contributed by atoms with Gasteiger partial charge in [-0.2, -0.15) is 0 Å². The van der Waals surface area contributed by atoms with Crippen molar-refractivity contribution < 1.29 is 0 Å². The molecule has 0 spiro atoms. The molecule has 7 aromatic carbocycles. The van der Waals surface area contributed by atoms with Crippen molar-refractivity contribution in [3.8, 4) is 5.69 Å². The van der Waals surface area contributed by atoms with E-state index in [0.717, 1.165) is 17.1 Å². The summed E-state index contributed by atoms with van der Waals surface area (Å²) in [5.74, 6) is 0. The highest BCUT2D eigenvalue weighted by atomic mass is 15.0. The molecule has 2 aromatic heterocycles. The van der Waals surface area contributed by atoms with Crippen molar-refractivity contribution >= 4 is 65.8 Å². The van der Waals surface area contributed by atoms with Crippen molar-refractivity contribution in [2.45, 2.75) is 6.04 Å². The largest absolute Gasteiger partial charge is 0.374 e. The molecule has 3 heterocycles. The minimum atomic E-state index is 0.00821. The monoisotopic (exact) mass is 613 g/mol. The van der Waals surface area contributed by atoms with E-state index in [1.165, 1.54) is 65.5 Å². The Bertz CT molecular complexity index is 2730. The Morgan fingerprint density at radius 2 is 1.12 bits per heavy atom. The standard InChI is InChI=1S/C45H31N3/c1-4-15-31(16-5-1)39-26-34(27-40(46-39)32-17-6-2-7-18-32)48-42-25-24-30-14-10-11-21-35(30)45(42)38-28-37-36-22-12-13-23-41(36)47(43(37)29-44(38)48)33-19-8-3-9-20-33/h1-29,39,46H. The molecule has 226 valence electrons. The topological polar surface area (TPSA) is 21.9 Å². The van der Waals surface area contributed by atoms with Crippen LogP contribution in [-0.4, -0.2) is 9.13 Å². The van der Waals surface area contributed by atoms with Crippen LogP contribution in [0.5, 0.6) is 0 Å². The second kappa shape index (κ2) is 10.6. The van der Waals surface area contributed by atoms with E-state index in [-0.39, 0.29) is 6.04 Å². The Kier molecular flexibility index (Phi) is 5.94. The van der Waals surface area contributed by atoms with E-state index in [4.69, 9.17) is 0 Å². The number of hydrogen-bond donors (Lipinski definition) is 1. The summed E-state index contributed by atoms with van der Waals surface area (Å²) in [7, 11) is 0. The van der Waals surface area contributed by atoms with Gasteiger partial charge in [-0.25, -0.2) is 0 Å². The molecule has 0 radical (unpaired) electrons. The van der Waals surface area contributed by atoms with Crippen LogP contribution in [-0.2, 0) is 0 Å². The van der Waals surface area contributed by atoms with Gasteiger partial charge < -0.3 is 14.5 Å². The van der Waals surface area contributed by atoms with E-state index in [1.807, 2.05) is 0 Å². The number of nitrogens with one attached hydrogen (secondary N) is 1. The molecular formula is C45H31N3. The summed E-state index contributed by atoms with van der Waals surface area (Å²) in [6.07, 6.45) is 4.70. The normalized spacial score (nSPS) is 14.9. The Morgan fingerprint density at radius 1 is 0.458 bits per heavy atom. The zero-order valence-corrected chi connectivity index (χ0v) is 26.2. The number of allylic oxidation sites excluding steroid dienone is 2. The summed E-state index contributed by atoms with van der Waals surface area (Å²) in [6.45, 7) is 0. The van der Waals surface area contributed by atoms with E-state index in [0.29, 0.717) is 0 Å². The molecule has 9 aromatic rings. The molecule has 10 rings (SSSR count). The van der Waals surface area contributed by atoms with Crippen LogP contribution in [0.25, 0.3) is 71.5 Å². The number of dihydropyridines is 1. The molecule has 1 N–H and O–H groups in total. The Morgan fingerprint density at radius 3 is 1.94 bits per heavy atom. The molecule has 48 heavy (non-hydrogen) atoms. The fourth-order valence-corrected chi connectivity index (χ4v) is 7.76. The molecule has 0 amide bonds. The molecule has 1 aliphatic rings. The molecule has 0 aliphatic carbocycles. The molecule has 0 fully saturated rings. The SMILES string of the molecule is C1=C(c2ccccc2)NC(c2ccccc2)C=C1n1c2cc3c(cc2c2c4ccccc4ccc21)c1ccccc1n3-c1ccccc1. The number of aromatic nitrogens is 2. The van der Waals surface area contributed by atoms with Crippen LogP contribution < -0.4 is 5.32 Å². The minimum Gasteiger partial charge on any atom is -0.374 e. The fourth-order valence-electron chi connectivity index (χ4n) is 7.76. The average molecular weight is 614 g/mol. The third kappa shape index (κ3) is 4.08. The third-order valence-electron chi connectivity index (χ3n) is 9.90. The molecule has 1 unspecified atom stereocenters. The smallest absolute Gasteiger partial charge is 0.0721 e. The molecule has 0 bridgehead atoms. The van der Waals surface area contributed by atoms with Crippen LogP contribution in [0.2, 0.25) is 0 Å². The van der Waals surface area contributed by atoms with Crippen LogP contribution in [0.4, 0.5) is 0 Å². The van der Waals surface area contributed by atoms with Gasteiger partial charge in [0.2, 0.25) is 0 Å². The van der Waals surface area contributed by atoms with Crippen molar-refractivity contribution in [2.75, 3.05) is 0 Å². The van der Waals surface area contributed by atoms with Gasteiger partial charge in [-0.1, -0.05) is 127 Å². The van der Waals surface area contributed by atoms with Gasteiger partial charge in [0.1, 0.15) is 0 Å². The van der Waals surface area contributed by atoms with Crippen LogP contribution >= 0.6 is 0 Å². The summed E-state index contributed by atoms with van der Waals surface area (Å²) < 4.78 is 4.91. The van der Waals surface area contributed by atoms with Crippen molar-refractivity contribution in [3.05, 3.63) is 187 Å². The molecule has 0 saturated heterocycles. The molecule has 0 saturated carbocycles. The summed E-state index contributed by atoms with van der Waals surface area (Å²) in [5, 5.41) is 11.4. The lowest BCUT2D eigenvalue weighted by Gasteiger charge is -2.26. The second-order valence-corrected chi connectivity index (χ2v) is 12.6. The summed E-state index contributed by atoms with van der Waals surface area (Å²) in [5.41, 5.74) is 10.6. The Labute approximate surface area is 278 Å².